The van der Waals surface area contributed by atoms with E-state index in [0.29, 0.717) is 49.8 Å². The first-order valence-corrected chi connectivity index (χ1v) is 9.03. The van der Waals surface area contributed by atoms with Crippen LogP contribution in [0.15, 0.2) is 54.6 Å². The van der Waals surface area contributed by atoms with Crippen molar-refractivity contribution in [1.29, 1.82) is 0 Å². The third-order valence-corrected chi connectivity index (χ3v) is 4.63. The van der Waals surface area contributed by atoms with Crippen LogP contribution in [-0.2, 0) is 11.2 Å². The molecular formula is C20H21ClN2O3. The van der Waals surface area contributed by atoms with Gasteiger partial charge in [0.15, 0.2) is 0 Å². The SMILES string of the molecule is O=C(CCc1ccc(Cl)cc1)N1CCN(C(=O)Oc2ccccc2)CC1. The maximum atomic E-state index is 12.4. The lowest BCUT2D eigenvalue weighted by molar-refractivity contribution is -0.132. The van der Waals surface area contributed by atoms with Gasteiger partial charge >= 0.3 is 6.09 Å². The summed E-state index contributed by atoms with van der Waals surface area (Å²) in [5.41, 5.74) is 1.09. The molecule has 1 saturated heterocycles. The van der Waals surface area contributed by atoms with E-state index < -0.39 is 0 Å². The second-order valence-electron chi connectivity index (χ2n) is 6.18. The number of benzene rings is 2. The Bertz CT molecular complexity index is 741. The number of hydrogen-bond acceptors (Lipinski definition) is 3. The van der Waals surface area contributed by atoms with Crippen molar-refractivity contribution in [2.24, 2.45) is 0 Å². The van der Waals surface area contributed by atoms with Crippen molar-refractivity contribution in [1.82, 2.24) is 9.80 Å². The zero-order valence-electron chi connectivity index (χ0n) is 14.4. The summed E-state index contributed by atoms with van der Waals surface area (Å²) >= 11 is 5.87. The van der Waals surface area contributed by atoms with E-state index in [2.05, 4.69) is 0 Å². The van der Waals surface area contributed by atoms with Crippen molar-refractivity contribution in [2.45, 2.75) is 12.8 Å². The van der Waals surface area contributed by atoms with Crippen LogP contribution in [0.4, 0.5) is 4.79 Å². The molecule has 1 heterocycles. The molecule has 0 saturated carbocycles. The number of piperazine rings is 1. The van der Waals surface area contributed by atoms with Gasteiger partial charge in [0.05, 0.1) is 0 Å². The Balaban J connectivity index is 1.43. The number of nitrogens with zero attached hydrogens (tertiary/aromatic N) is 2. The zero-order chi connectivity index (χ0) is 18.4. The van der Waals surface area contributed by atoms with Gasteiger partial charge in [0, 0.05) is 37.6 Å². The summed E-state index contributed by atoms with van der Waals surface area (Å²) in [4.78, 5) is 28.0. The molecule has 0 aromatic heterocycles. The van der Waals surface area contributed by atoms with E-state index >= 15 is 0 Å². The van der Waals surface area contributed by atoms with Crippen molar-refractivity contribution in [3.8, 4) is 5.75 Å². The quantitative estimate of drug-likeness (QED) is 0.823. The van der Waals surface area contributed by atoms with Crippen LogP contribution in [0, 0.1) is 0 Å². The molecule has 5 nitrogen and oxygen atoms in total. The highest BCUT2D eigenvalue weighted by Gasteiger charge is 2.25. The minimum atomic E-state index is -0.371. The molecule has 1 aliphatic heterocycles. The van der Waals surface area contributed by atoms with Gasteiger partial charge in [0.25, 0.3) is 0 Å². The van der Waals surface area contributed by atoms with Crippen LogP contribution in [0.25, 0.3) is 0 Å². The lowest BCUT2D eigenvalue weighted by atomic mass is 10.1. The van der Waals surface area contributed by atoms with E-state index in [1.54, 1.807) is 17.0 Å². The zero-order valence-corrected chi connectivity index (χ0v) is 15.2. The molecule has 0 N–H and O–H groups in total. The van der Waals surface area contributed by atoms with Gasteiger partial charge in [-0.1, -0.05) is 41.9 Å². The fourth-order valence-corrected chi connectivity index (χ4v) is 2.98. The average molecular weight is 373 g/mol. The van der Waals surface area contributed by atoms with Gasteiger partial charge in [-0.3, -0.25) is 4.79 Å². The largest absolute Gasteiger partial charge is 0.415 e. The van der Waals surface area contributed by atoms with Crippen LogP contribution in [0.1, 0.15) is 12.0 Å². The van der Waals surface area contributed by atoms with E-state index in [1.807, 2.05) is 47.4 Å². The maximum Gasteiger partial charge on any atom is 0.415 e. The number of halogens is 1. The predicted octanol–water partition coefficient (Wildman–Crippen LogP) is 3.62. The third-order valence-electron chi connectivity index (χ3n) is 4.38. The van der Waals surface area contributed by atoms with Gasteiger partial charge < -0.3 is 14.5 Å². The number of ether oxygens (including phenoxy) is 1. The molecule has 3 rings (SSSR count). The number of carbonyl (C=O) groups excluding carboxylic acids is 2. The first-order valence-electron chi connectivity index (χ1n) is 8.66. The lowest BCUT2D eigenvalue weighted by Gasteiger charge is -2.34. The van der Waals surface area contributed by atoms with E-state index in [4.69, 9.17) is 16.3 Å². The average Bonchev–Trinajstić information content (AvgIpc) is 2.68. The van der Waals surface area contributed by atoms with Gasteiger partial charge in [-0.15, -0.1) is 0 Å². The minimum absolute atomic E-state index is 0.107. The van der Waals surface area contributed by atoms with Crippen LogP contribution < -0.4 is 4.74 Å². The second-order valence-corrected chi connectivity index (χ2v) is 6.61. The molecule has 0 radical (unpaired) electrons. The minimum Gasteiger partial charge on any atom is -0.410 e. The summed E-state index contributed by atoms with van der Waals surface area (Å²) in [6, 6.07) is 16.5. The molecule has 2 aromatic rings. The Morgan fingerprint density at radius 1 is 0.885 bits per heavy atom. The predicted molar refractivity (Wildman–Crippen MR) is 100 cm³/mol. The standard InChI is InChI=1S/C20H21ClN2O3/c21-17-9-6-16(7-10-17)8-11-19(24)22-12-14-23(15-13-22)20(25)26-18-4-2-1-3-5-18/h1-7,9-10H,8,11-15H2. The van der Waals surface area contributed by atoms with Crippen molar-refractivity contribution < 1.29 is 14.3 Å². The Kier molecular flexibility index (Phi) is 6.12. The summed E-state index contributed by atoms with van der Waals surface area (Å²) in [6.45, 7) is 2.03. The van der Waals surface area contributed by atoms with Crippen LogP contribution in [-0.4, -0.2) is 48.0 Å². The topological polar surface area (TPSA) is 49.9 Å². The van der Waals surface area contributed by atoms with Crippen molar-refractivity contribution >= 4 is 23.6 Å². The van der Waals surface area contributed by atoms with E-state index in [9.17, 15) is 9.59 Å². The van der Waals surface area contributed by atoms with E-state index in [0.717, 1.165) is 5.56 Å². The Hall–Kier alpha value is -2.53. The van der Waals surface area contributed by atoms with Crippen molar-refractivity contribution in [3.05, 3.63) is 65.2 Å². The number of para-hydroxylation sites is 1. The Labute approximate surface area is 158 Å². The van der Waals surface area contributed by atoms with Gasteiger partial charge in [0.1, 0.15) is 5.75 Å². The molecule has 0 atom stereocenters. The summed E-state index contributed by atoms with van der Waals surface area (Å²) < 4.78 is 5.34. The van der Waals surface area contributed by atoms with Crippen molar-refractivity contribution in [3.63, 3.8) is 0 Å². The number of rotatable bonds is 4. The first-order chi connectivity index (χ1) is 12.6. The number of carbonyl (C=O) groups is 2. The fourth-order valence-electron chi connectivity index (χ4n) is 2.85. The van der Waals surface area contributed by atoms with E-state index in [1.165, 1.54) is 0 Å². The molecular weight excluding hydrogens is 352 g/mol. The van der Waals surface area contributed by atoms with Crippen molar-refractivity contribution in [2.75, 3.05) is 26.2 Å². The third kappa shape index (κ3) is 4.99. The van der Waals surface area contributed by atoms with Crippen LogP contribution in [0.3, 0.4) is 0 Å². The molecule has 1 aliphatic rings. The number of aryl methyl sites for hydroxylation is 1. The first kappa shape index (κ1) is 18.3. The monoisotopic (exact) mass is 372 g/mol. The van der Waals surface area contributed by atoms with Gasteiger partial charge in [-0.25, -0.2) is 4.79 Å². The lowest BCUT2D eigenvalue weighted by Crippen LogP contribution is -2.51. The van der Waals surface area contributed by atoms with Crippen LogP contribution >= 0.6 is 11.6 Å². The van der Waals surface area contributed by atoms with E-state index in [-0.39, 0.29) is 12.0 Å². The Morgan fingerprint density at radius 3 is 2.15 bits per heavy atom. The number of hydrogen-bond donors (Lipinski definition) is 0. The smallest absolute Gasteiger partial charge is 0.410 e. The molecule has 26 heavy (non-hydrogen) atoms. The second kappa shape index (κ2) is 8.72. The summed E-state index contributed by atoms with van der Waals surface area (Å²) in [6.07, 6.45) is 0.770. The molecule has 0 bridgehead atoms. The molecule has 6 heteroatoms. The fraction of sp³-hybridized carbons (Fsp3) is 0.300. The molecule has 2 amide bonds. The molecule has 0 unspecified atom stereocenters. The normalized spacial score (nSPS) is 14.2. The molecule has 1 fully saturated rings. The van der Waals surface area contributed by atoms with Gasteiger partial charge in [-0.2, -0.15) is 0 Å². The highest BCUT2D eigenvalue weighted by molar-refractivity contribution is 6.30. The van der Waals surface area contributed by atoms with Gasteiger partial charge in [0.2, 0.25) is 5.91 Å². The molecule has 0 spiro atoms. The van der Waals surface area contributed by atoms with Crippen LogP contribution in [0.2, 0.25) is 5.02 Å². The summed E-state index contributed by atoms with van der Waals surface area (Å²) in [7, 11) is 0. The summed E-state index contributed by atoms with van der Waals surface area (Å²) in [5.74, 6) is 0.634. The maximum absolute atomic E-state index is 12.4. The highest BCUT2D eigenvalue weighted by Crippen LogP contribution is 2.14. The Morgan fingerprint density at radius 2 is 1.50 bits per heavy atom. The van der Waals surface area contributed by atoms with Gasteiger partial charge in [-0.05, 0) is 36.2 Å². The highest BCUT2D eigenvalue weighted by atomic mass is 35.5. The molecule has 0 aliphatic carbocycles. The summed E-state index contributed by atoms with van der Waals surface area (Å²) in [5, 5.41) is 0.693. The number of amides is 2. The molecule has 2 aromatic carbocycles. The van der Waals surface area contributed by atoms with Crippen LogP contribution in [0.5, 0.6) is 5.75 Å². The molecule has 136 valence electrons.